The van der Waals surface area contributed by atoms with Crippen molar-refractivity contribution in [3.8, 4) is 0 Å². The van der Waals surface area contributed by atoms with Crippen molar-refractivity contribution in [3.63, 3.8) is 0 Å². The van der Waals surface area contributed by atoms with Crippen molar-refractivity contribution in [3.05, 3.63) is 37.8 Å². The molecule has 1 N–H and O–H groups in total. The summed E-state index contributed by atoms with van der Waals surface area (Å²) in [7, 11) is 0. The standard InChI is InChI=1S/C15H20ClN3S/c1-9-15(16)10(2)19(18-9)8-12-6-14(20-11(12)3)7-17-13-4-5-13/h6,13,17H,4-5,7-8H2,1-3H3. The van der Waals surface area contributed by atoms with Crippen LogP contribution < -0.4 is 5.32 Å². The van der Waals surface area contributed by atoms with Crippen molar-refractivity contribution in [1.29, 1.82) is 0 Å². The van der Waals surface area contributed by atoms with Crippen molar-refractivity contribution in [1.82, 2.24) is 15.1 Å². The molecule has 0 atom stereocenters. The van der Waals surface area contributed by atoms with Gasteiger partial charge in [-0.15, -0.1) is 11.3 Å². The Morgan fingerprint density at radius 2 is 2.15 bits per heavy atom. The number of nitrogens with zero attached hydrogens (tertiary/aromatic N) is 2. The molecule has 1 aliphatic carbocycles. The zero-order valence-electron chi connectivity index (χ0n) is 12.2. The Morgan fingerprint density at radius 3 is 2.75 bits per heavy atom. The molecule has 1 aliphatic rings. The highest BCUT2D eigenvalue weighted by Crippen LogP contribution is 2.26. The van der Waals surface area contributed by atoms with Crippen LogP contribution in [0, 0.1) is 20.8 Å². The molecule has 0 radical (unpaired) electrons. The summed E-state index contributed by atoms with van der Waals surface area (Å²) in [6.07, 6.45) is 2.67. The smallest absolute Gasteiger partial charge is 0.0844 e. The number of halogens is 1. The Bertz CT molecular complexity index is 625. The number of rotatable bonds is 5. The molecule has 5 heteroatoms. The lowest BCUT2D eigenvalue weighted by Gasteiger charge is -2.03. The largest absolute Gasteiger partial charge is 0.309 e. The summed E-state index contributed by atoms with van der Waals surface area (Å²) in [6, 6.07) is 3.07. The second-order valence-corrected chi connectivity index (χ2v) is 7.31. The molecule has 1 fully saturated rings. The first-order valence-electron chi connectivity index (χ1n) is 7.05. The molecular formula is C15H20ClN3S. The third-order valence-electron chi connectivity index (χ3n) is 3.83. The lowest BCUT2D eigenvalue weighted by atomic mass is 10.2. The zero-order chi connectivity index (χ0) is 14.3. The first-order chi connectivity index (χ1) is 9.54. The predicted octanol–water partition coefficient (Wildman–Crippen LogP) is 3.82. The van der Waals surface area contributed by atoms with E-state index in [-0.39, 0.29) is 0 Å². The van der Waals surface area contributed by atoms with E-state index in [0.29, 0.717) is 0 Å². The Kier molecular flexibility index (Phi) is 3.89. The first-order valence-corrected chi connectivity index (χ1v) is 8.25. The topological polar surface area (TPSA) is 29.9 Å². The van der Waals surface area contributed by atoms with E-state index in [2.05, 4.69) is 23.4 Å². The van der Waals surface area contributed by atoms with E-state index in [1.54, 1.807) is 0 Å². The number of hydrogen-bond donors (Lipinski definition) is 1. The summed E-state index contributed by atoms with van der Waals surface area (Å²) < 4.78 is 2.00. The minimum atomic E-state index is 0.760. The number of thiophene rings is 1. The van der Waals surface area contributed by atoms with Gasteiger partial charge in [-0.3, -0.25) is 4.68 Å². The van der Waals surface area contributed by atoms with E-state index < -0.39 is 0 Å². The molecule has 2 heterocycles. The summed E-state index contributed by atoms with van der Waals surface area (Å²) in [4.78, 5) is 2.79. The van der Waals surface area contributed by atoms with Gasteiger partial charge in [0.05, 0.1) is 23.0 Å². The third-order valence-corrected chi connectivity index (χ3v) is 5.47. The van der Waals surface area contributed by atoms with Crippen LogP contribution in [-0.2, 0) is 13.1 Å². The van der Waals surface area contributed by atoms with Crippen LogP contribution in [0.25, 0.3) is 0 Å². The van der Waals surface area contributed by atoms with E-state index in [0.717, 1.165) is 35.5 Å². The van der Waals surface area contributed by atoms with Crippen LogP contribution in [-0.4, -0.2) is 15.8 Å². The fourth-order valence-corrected chi connectivity index (χ4v) is 3.49. The molecule has 20 heavy (non-hydrogen) atoms. The summed E-state index contributed by atoms with van der Waals surface area (Å²) in [6.45, 7) is 7.98. The van der Waals surface area contributed by atoms with Crippen LogP contribution in [0.15, 0.2) is 6.07 Å². The minimum Gasteiger partial charge on any atom is -0.309 e. The molecule has 3 nitrogen and oxygen atoms in total. The molecule has 0 aliphatic heterocycles. The molecule has 0 saturated heterocycles. The van der Waals surface area contributed by atoms with Gasteiger partial charge in [0.25, 0.3) is 0 Å². The number of aromatic nitrogens is 2. The molecule has 0 unspecified atom stereocenters. The maximum Gasteiger partial charge on any atom is 0.0844 e. The van der Waals surface area contributed by atoms with Gasteiger partial charge in [0, 0.05) is 22.3 Å². The van der Waals surface area contributed by atoms with Crippen LogP contribution in [0.3, 0.4) is 0 Å². The van der Waals surface area contributed by atoms with Crippen molar-refractivity contribution in [2.24, 2.45) is 0 Å². The van der Waals surface area contributed by atoms with Crippen LogP contribution in [0.5, 0.6) is 0 Å². The van der Waals surface area contributed by atoms with Crippen molar-refractivity contribution in [2.45, 2.75) is 52.7 Å². The summed E-state index contributed by atoms with van der Waals surface area (Å²) in [5.74, 6) is 0. The maximum atomic E-state index is 6.21. The van der Waals surface area contributed by atoms with Gasteiger partial charge in [0.1, 0.15) is 0 Å². The van der Waals surface area contributed by atoms with Crippen LogP contribution in [0.2, 0.25) is 5.02 Å². The van der Waals surface area contributed by atoms with E-state index in [1.807, 2.05) is 29.9 Å². The van der Waals surface area contributed by atoms with Gasteiger partial charge in [-0.05, 0) is 45.2 Å². The molecule has 1 saturated carbocycles. The number of hydrogen-bond acceptors (Lipinski definition) is 3. The lowest BCUT2D eigenvalue weighted by Crippen LogP contribution is -2.14. The van der Waals surface area contributed by atoms with E-state index in [1.165, 1.54) is 28.2 Å². The molecule has 0 spiro atoms. The molecule has 2 aromatic heterocycles. The Morgan fingerprint density at radius 1 is 1.40 bits per heavy atom. The Balaban J connectivity index is 1.74. The highest BCUT2D eigenvalue weighted by atomic mass is 35.5. The molecular weight excluding hydrogens is 290 g/mol. The minimum absolute atomic E-state index is 0.760. The van der Waals surface area contributed by atoms with Gasteiger partial charge >= 0.3 is 0 Å². The Hall–Kier alpha value is -0.840. The average Bonchev–Trinajstić information content (AvgIpc) is 3.14. The SMILES string of the molecule is Cc1nn(Cc2cc(CNC3CC3)sc2C)c(C)c1Cl. The van der Waals surface area contributed by atoms with Gasteiger partial charge in [0.2, 0.25) is 0 Å². The molecule has 2 aromatic rings. The highest BCUT2D eigenvalue weighted by Gasteiger charge is 2.20. The zero-order valence-corrected chi connectivity index (χ0v) is 13.7. The summed E-state index contributed by atoms with van der Waals surface area (Å²) in [5.41, 5.74) is 3.31. The monoisotopic (exact) mass is 309 g/mol. The molecule has 3 rings (SSSR count). The average molecular weight is 310 g/mol. The normalized spacial score (nSPS) is 15.0. The second kappa shape index (κ2) is 5.51. The highest BCUT2D eigenvalue weighted by molar-refractivity contribution is 7.12. The fourth-order valence-electron chi connectivity index (χ4n) is 2.35. The molecule has 0 aromatic carbocycles. The molecule has 108 valence electrons. The first kappa shape index (κ1) is 14.1. The lowest BCUT2D eigenvalue weighted by molar-refractivity contribution is 0.657. The van der Waals surface area contributed by atoms with E-state index in [9.17, 15) is 0 Å². The van der Waals surface area contributed by atoms with Crippen molar-refractivity contribution in [2.75, 3.05) is 0 Å². The van der Waals surface area contributed by atoms with Gasteiger partial charge in [-0.2, -0.15) is 5.10 Å². The summed E-state index contributed by atoms with van der Waals surface area (Å²) >= 11 is 8.09. The van der Waals surface area contributed by atoms with Crippen molar-refractivity contribution >= 4 is 22.9 Å². The molecule has 0 bridgehead atoms. The number of nitrogens with one attached hydrogen (secondary N) is 1. The second-order valence-electron chi connectivity index (χ2n) is 5.59. The van der Waals surface area contributed by atoms with Gasteiger partial charge < -0.3 is 5.32 Å². The number of aryl methyl sites for hydroxylation is 2. The predicted molar refractivity (Wildman–Crippen MR) is 84.7 cm³/mol. The Labute approximate surface area is 129 Å². The fraction of sp³-hybridized carbons (Fsp3) is 0.533. The van der Waals surface area contributed by atoms with Gasteiger partial charge in [-0.25, -0.2) is 0 Å². The van der Waals surface area contributed by atoms with Gasteiger partial charge in [-0.1, -0.05) is 11.6 Å². The summed E-state index contributed by atoms with van der Waals surface area (Å²) in [5, 5.41) is 8.87. The quantitative estimate of drug-likeness (QED) is 0.910. The van der Waals surface area contributed by atoms with E-state index in [4.69, 9.17) is 11.6 Å². The van der Waals surface area contributed by atoms with Crippen LogP contribution >= 0.6 is 22.9 Å². The van der Waals surface area contributed by atoms with Crippen molar-refractivity contribution < 1.29 is 0 Å². The molecule has 0 amide bonds. The van der Waals surface area contributed by atoms with Crippen LogP contribution in [0.4, 0.5) is 0 Å². The van der Waals surface area contributed by atoms with Crippen LogP contribution in [0.1, 0.15) is 39.5 Å². The maximum absolute atomic E-state index is 6.21. The van der Waals surface area contributed by atoms with E-state index >= 15 is 0 Å². The third kappa shape index (κ3) is 2.92. The van der Waals surface area contributed by atoms with Gasteiger partial charge in [0.15, 0.2) is 0 Å².